The van der Waals surface area contributed by atoms with E-state index in [-0.39, 0.29) is 6.42 Å². The molecule has 1 heterocycles. The quantitative estimate of drug-likeness (QED) is 0.374. The second-order valence-electron chi connectivity index (χ2n) is 1.74. The number of aliphatic hydroxyl groups is 1. The van der Waals surface area contributed by atoms with Gasteiger partial charge in [-0.05, 0) is 0 Å². The van der Waals surface area contributed by atoms with Crippen LogP contribution >= 0.6 is 0 Å². The molecule has 1 atom stereocenters. The maximum atomic E-state index is 10.4. The number of rotatable bonds is 0. The molecule has 9 heavy (non-hydrogen) atoms. The van der Waals surface area contributed by atoms with Crippen molar-refractivity contribution >= 4 is 11.9 Å². The minimum Gasteiger partial charge on any atom is -0.373 e. The molecule has 0 aromatic heterocycles. The Bertz CT molecular complexity index is 140. The zero-order valence-electron chi connectivity index (χ0n) is 4.55. The highest BCUT2D eigenvalue weighted by Crippen LogP contribution is 1.91. The van der Waals surface area contributed by atoms with Gasteiger partial charge in [-0.25, -0.2) is 4.79 Å². The van der Waals surface area contributed by atoms with Crippen LogP contribution in [-0.4, -0.2) is 23.3 Å². The Hall–Kier alpha value is -1.10. The number of aliphatic hydroxyl groups excluding tert-OH is 1. The van der Waals surface area contributed by atoms with Gasteiger partial charge >= 0.3 is 6.03 Å². The summed E-state index contributed by atoms with van der Waals surface area (Å²) in [4.78, 5) is 20.6. The van der Waals surface area contributed by atoms with E-state index in [4.69, 9.17) is 5.11 Å². The van der Waals surface area contributed by atoms with Crippen LogP contribution in [0.25, 0.3) is 0 Å². The number of urea groups is 1. The summed E-state index contributed by atoms with van der Waals surface area (Å²) in [5.41, 5.74) is 0. The number of hydrogen-bond acceptors (Lipinski definition) is 3. The monoisotopic (exact) mass is 130 g/mol. The second kappa shape index (κ2) is 2.02. The first-order valence-corrected chi connectivity index (χ1v) is 2.47. The van der Waals surface area contributed by atoms with E-state index in [0.717, 1.165) is 0 Å². The summed E-state index contributed by atoms with van der Waals surface area (Å²) < 4.78 is 0. The number of nitrogens with one attached hydrogen (secondary N) is 2. The molecule has 0 radical (unpaired) electrons. The van der Waals surface area contributed by atoms with Gasteiger partial charge in [-0.15, -0.1) is 0 Å². The van der Waals surface area contributed by atoms with Crippen LogP contribution in [0.5, 0.6) is 0 Å². The lowest BCUT2D eigenvalue weighted by atomic mass is 10.3. The van der Waals surface area contributed by atoms with Crippen molar-refractivity contribution in [1.82, 2.24) is 10.6 Å². The van der Waals surface area contributed by atoms with Gasteiger partial charge in [0.25, 0.3) is 0 Å². The third kappa shape index (κ3) is 1.39. The maximum absolute atomic E-state index is 10.4. The lowest BCUT2D eigenvalue weighted by molar-refractivity contribution is -0.123. The summed E-state index contributed by atoms with van der Waals surface area (Å²) in [7, 11) is 0. The predicted octanol–water partition coefficient (Wildman–Crippen LogP) is -1.47. The van der Waals surface area contributed by atoms with E-state index in [9.17, 15) is 9.59 Å². The Morgan fingerprint density at radius 1 is 1.56 bits per heavy atom. The molecule has 0 aliphatic carbocycles. The van der Waals surface area contributed by atoms with E-state index in [1.165, 1.54) is 0 Å². The lowest BCUT2D eigenvalue weighted by Gasteiger charge is -2.17. The molecular formula is C4H6N2O3. The molecule has 0 bridgehead atoms. The van der Waals surface area contributed by atoms with E-state index >= 15 is 0 Å². The molecule has 1 fully saturated rings. The molecule has 5 heteroatoms. The van der Waals surface area contributed by atoms with Crippen LogP contribution in [0.1, 0.15) is 6.42 Å². The normalized spacial score (nSPS) is 27.0. The van der Waals surface area contributed by atoms with E-state index < -0.39 is 18.2 Å². The van der Waals surface area contributed by atoms with Crippen LogP contribution in [0.3, 0.4) is 0 Å². The van der Waals surface area contributed by atoms with Crippen molar-refractivity contribution in [1.29, 1.82) is 0 Å². The highest BCUT2D eigenvalue weighted by atomic mass is 16.3. The molecule has 1 unspecified atom stereocenters. The molecular weight excluding hydrogens is 124 g/mol. The lowest BCUT2D eigenvalue weighted by Crippen LogP contribution is -2.52. The Labute approximate surface area is 51.0 Å². The molecule has 3 N–H and O–H groups in total. The van der Waals surface area contributed by atoms with Gasteiger partial charge in [0.1, 0.15) is 6.23 Å². The zero-order valence-corrected chi connectivity index (χ0v) is 4.55. The first-order valence-electron chi connectivity index (χ1n) is 2.47. The molecule has 0 aromatic rings. The molecule has 1 aliphatic heterocycles. The number of imide groups is 1. The SMILES string of the molecule is O=C1CC(O)NC(=O)N1. The Kier molecular flexibility index (Phi) is 1.35. The van der Waals surface area contributed by atoms with Gasteiger partial charge in [-0.1, -0.05) is 0 Å². The van der Waals surface area contributed by atoms with E-state index in [2.05, 4.69) is 5.32 Å². The number of carbonyl (C=O) groups excluding carboxylic acids is 2. The first-order chi connectivity index (χ1) is 4.18. The molecule has 1 rings (SSSR count). The average Bonchev–Trinajstić information content (AvgIpc) is 1.59. The molecule has 0 spiro atoms. The van der Waals surface area contributed by atoms with Crippen molar-refractivity contribution in [3.05, 3.63) is 0 Å². The summed E-state index contributed by atoms with van der Waals surface area (Å²) in [6, 6.07) is -0.640. The molecule has 0 aromatic carbocycles. The summed E-state index contributed by atoms with van der Waals surface area (Å²) in [5.74, 6) is -0.453. The topological polar surface area (TPSA) is 78.4 Å². The van der Waals surface area contributed by atoms with Gasteiger partial charge in [-0.3, -0.25) is 10.1 Å². The number of carbonyl (C=O) groups is 2. The van der Waals surface area contributed by atoms with Crippen LogP contribution in [0, 0.1) is 0 Å². The molecule has 3 amide bonds. The zero-order chi connectivity index (χ0) is 6.85. The summed E-state index contributed by atoms with van der Waals surface area (Å²) in [6.07, 6.45) is -1.09. The van der Waals surface area contributed by atoms with Crippen molar-refractivity contribution < 1.29 is 14.7 Å². The predicted molar refractivity (Wildman–Crippen MR) is 27.3 cm³/mol. The van der Waals surface area contributed by atoms with E-state index in [0.29, 0.717) is 0 Å². The van der Waals surface area contributed by atoms with Gasteiger partial charge in [0.05, 0.1) is 6.42 Å². The molecule has 0 saturated carbocycles. The molecule has 50 valence electrons. The van der Waals surface area contributed by atoms with Crippen molar-refractivity contribution in [2.45, 2.75) is 12.6 Å². The van der Waals surface area contributed by atoms with Crippen molar-refractivity contribution in [3.8, 4) is 0 Å². The molecule has 1 saturated heterocycles. The fourth-order valence-corrected chi connectivity index (χ4v) is 0.592. The van der Waals surface area contributed by atoms with Crippen molar-refractivity contribution in [3.63, 3.8) is 0 Å². The van der Waals surface area contributed by atoms with Gasteiger partial charge in [0.15, 0.2) is 0 Å². The van der Waals surface area contributed by atoms with Crippen LogP contribution in [0.4, 0.5) is 4.79 Å². The Morgan fingerprint density at radius 2 is 2.22 bits per heavy atom. The summed E-state index contributed by atoms with van der Waals surface area (Å²) >= 11 is 0. The van der Waals surface area contributed by atoms with Gasteiger partial charge in [0.2, 0.25) is 5.91 Å². The standard InChI is InChI=1S/C4H6N2O3/c7-2-1-3(8)6-4(9)5-2/h2,7H,1H2,(H2,5,6,8,9). The Morgan fingerprint density at radius 3 is 2.67 bits per heavy atom. The minimum atomic E-state index is -1.02. The fourth-order valence-electron chi connectivity index (χ4n) is 0.592. The van der Waals surface area contributed by atoms with Crippen LogP contribution in [0.2, 0.25) is 0 Å². The maximum Gasteiger partial charge on any atom is 0.323 e. The van der Waals surface area contributed by atoms with Gasteiger partial charge in [-0.2, -0.15) is 0 Å². The van der Waals surface area contributed by atoms with Gasteiger partial charge < -0.3 is 10.4 Å². The number of amides is 3. The van der Waals surface area contributed by atoms with Crippen LogP contribution < -0.4 is 10.6 Å². The average molecular weight is 130 g/mol. The largest absolute Gasteiger partial charge is 0.373 e. The second-order valence-corrected chi connectivity index (χ2v) is 1.74. The third-order valence-electron chi connectivity index (χ3n) is 0.929. The minimum absolute atomic E-state index is 0.0638. The van der Waals surface area contributed by atoms with Crippen molar-refractivity contribution in [2.24, 2.45) is 0 Å². The highest BCUT2D eigenvalue weighted by Gasteiger charge is 2.20. The summed E-state index contributed by atoms with van der Waals surface area (Å²) in [6.45, 7) is 0. The first kappa shape index (κ1) is 6.03. The van der Waals surface area contributed by atoms with E-state index in [1.807, 2.05) is 5.32 Å². The van der Waals surface area contributed by atoms with Crippen molar-refractivity contribution in [2.75, 3.05) is 0 Å². The van der Waals surface area contributed by atoms with Gasteiger partial charge in [0, 0.05) is 0 Å². The third-order valence-corrected chi connectivity index (χ3v) is 0.929. The van der Waals surface area contributed by atoms with E-state index in [1.54, 1.807) is 0 Å². The number of hydrogen-bond donors (Lipinski definition) is 3. The smallest absolute Gasteiger partial charge is 0.323 e. The highest BCUT2D eigenvalue weighted by molar-refractivity contribution is 5.96. The van der Waals surface area contributed by atoms with Crippen LogP contribution in [0.15, 0.2) is 0 Å². The fraction of sp³-hybridized carbons (Fsp3) is 0.500. The van der Waals surface area contributed by atoms with Crippen LogP contribution in [-0.2, 0) is 4.79 Å². The summed E-state index contributed by atoms with van der Waals surface area (Å²) in [5, 5.41) is 12.7. The molecule has 5 nitrogen and oxygen atoms in total. The molecule has 1 aliphatic rings. The Balaban J connectivity index is 2.53.